The van der Waals surface area contributed by atoms with Gasteiger partial charge in [0.25, 0.3) is 0 Å². The molecule has 0 aromatic rings. The third-order valence-electron chi connectivity index (χ3n) is 5.22. The molecule has 134 valence electrons. The van der Waals surface area contributed by atoms with E-state index in [-0.39, 0.29) is 24.0 Å². The Kier molecular flexibility index (Phi) is 7.88. The predicted octanol–water partition coefficient (Wildman–Crippen LogP) is 2.07. The highest BCUT2D eigenvalue weighted by molar-refractivity contribution is 14.0. The van der Waals surface area contributed by atoms with Crippen molar-refractivity contribution in [2.24, 2.45) is 16.8 Å². The van der Waals surface area contributed by atoms with Crippen LogP contribution in [0.15, 0.2) is 4.99 Å². The Bertz CT molecular complexity index is 383. The second-order valence-corrected chi connectivity index (χ2v) is 7.19. The van der Waals surface area contributed by atoms with Crippen LogP contribution in [0.1, 0.15) is 39.5 Å². The first-order chi connectivity index (χ1) is 10.8. The van der Waals surface area contributed by atoms with E-state index in [2.05, 4.69) is 29.4 Å². The summed E-state index contributed by atoms with van der Waals surface area (Å²) in [6, 6.07) is 1.41. The van der Waals surface area contributed by atoms with Gasteiger partial charge in [0.05, 0.1) is 0 Å². The zero-order chi connectivity index (χ0) is 15.4. The van der Waals surface area contributed by atoms with Gasteiger partial charge >= 0.3 is 0 Å². The van der Waals surface area contributed by atoms with Gasteiger partial charge in [-0.1, -0.05) is 6.92 Å². The third-order valence-corrected chi connectivity index (χ3v) is 5.22. The van der Waals surface area contributed by atoms with Gasteiger partial charge in [-0.15, -0.1) is 24.0 Å². The van der Waals surface area contributed by atoms with Crippen molar-refractivity contribution < 1.29 is 4.74 Å². The number of hydrogen-bond donors (Lipinski definition) is 2. The summed E-state index contributed by atoms with van der Waals surface area (Å²) in [7, 11) is 0. The largest absolute Gasteiger partial charge is 0.381 e. The zero-order valence-corrected chi connectivity index (χ0v) is 16.9. The van der Waals surface area contributed by atoms with Crippen LogP contribution in [0.4, 0.5) is 0 Å². The number of aliphatic imine (C=N–C) groups is 1. The monoisotopic (exact) mass is 436 g/mol. The molecule has 0 aromatic heterocycles. The molecule has 0 bridgehead atoms. The first kappa shape index (κ1) is 19.2. The van der Waals surface area contributed by atoms with Crippen LogP contribution in [0.2, 0.25) is 0 Å². The van der Waals surface area contributed by atoms with E-state index in [4.69, 9.17) is 9.73 Å². The molecule has 0 aromatic carbocycles. The van der Waals surface area contributed by atoms with E-state index >= 15 is 0 Å². The fraction of sp³-hybridized carbons (Fsp3) is 0.941. The molecule has 2 atom stereocenters. The number of rotatable bonds is 5. The van der Waals surface area contributed by atoms with Gasteiger partial charge in [-0.2, -0.15) is 0 Å². The maximum absolute atomic E-state index is 5.43. The van der Waals surface area contributed by atoms with Crippen LogP contribution >= 0.6 is 24.0 Å². The van der Waals surface area contributed by atoms with E-state index in [0.29, 0.717) is 17.9 Å². The number of hydrogen-bond acceptors (Lipinski definition) is 3. The Hall–Kier alpha value is -0.0800. The molecule has 2 heterocycles. The van der Waals surface area contributed by atoms with Crippen molar-refractivity contribution in [2.75, 3.05) is 39.4 Å². The number of halogens is 1. The Morgan fingerprint density at radius 2 is 1.91 bits per heavy atom. The molecule has 2 N–H and O–H groups in total. The van der Waals surface area contributed by atoms with Crippen LogP contribution in [-0.4, -0.2) is 62.3 Å². The number of nitrogens with one attached hydrogen (secondary N) is 2. The van der Waals surface area contributed by atoms with E-state index in [9.17, 15) is 0 Å². The van der Waals surface area contributed by atoms with Crippen LogP contribution in [-0.2, 0) is 4.74 Å². The van der Waals surface area contributed by atoms with Gasteiger partial charge in [-0.05, 0) is 44.4 Å². The van der Waals surface area contributed by atoms with Crippen molar-refractivity contribution in [3.63, 3.8) is 0 Å². The lowest BCUT2D eigenvalue weighted by Gasteiger charge is -2.23. The smallest absolute Gasteiger partial charge is 0.191 e. The summed E-state index contributed by atoms with van der Waals surface area (Å²) in [4.78, 5) is 7.50. The molecule has 6 heteroatoms. The van der Waals surface area contributed by atoms with Crippen molar-refractivity contribution in [1.82, 2.24) is 15.5 Å². The van der Waals surface area contributed by atoms with Crippen LogP contribution in [0.25, 0.3) is 0 Å². The Morgan fingerprint density at radius 3 is 2.57 bits per heavy atom. The predicted molar refractivity (Wildman–Crippen MR) is 106 cm³/mol. The minimum atomic E-state index is 0. The van der Waals surface area contributed by atoms with E-state index in [0.717, 1.165) is 51.1 Å². The minimum absolute atomic E-state index is 0. The molecule has 0 radical (unpaired) electrons. The van der Waals surface area contributed by atoms with Crippen LogP contribution in [0.5, 0.6) is 0 Å². The first-order valence-corrected chi connectivity index (χ1v) is 9.13. The van der Waals surface area contributed by atoms with Gasteiger partial charge in [0.15, 0.2) is 5.96 Å². The molecule has 3 fully saturated rings. The minimum Gasteiger partial charge on any atom is -0.381 e. The molecular formula is C17H33IN4O. The zero-order valence-electron chi connectivity index (χ0n) is 14.6. The topological polar surface area (TPSA) is 48.9 Å². The van der Waals surface area contributed by atoms with Gasteiger partial charge in [0.2, 0.25) is 0 Å². The first-order valence-electron chi connectivity index (χ1n) is 9.13. The molecule has 23 heavy (non-hydrogen) atoms. The molecule has 3 aliphatic rings. The van der Waals surface area contributed by atoms with Crippen molar-refractivity contribution >= 4 is 29.9 Å². The molecule has 2 aliphatic heterocycles. The van der Waals surface area contributed by atoms with Crippen LogP contribution in [0.3, 0.4) is 0 Å². The molecule has 2 saturated heterocycles. The van der Waals surface area contributed by atoms with E-state index in [1.54, 1.807) is 0 Å². The third kappa shape index (κ3) is 5.74. The molecule has 1 saturated carbocycles. The highest BCUT2D eigenvalue weighted by Gasteiger charge is 2.38. The Morgan fingerprint density at radius 1 is 1.17 bits per heavy atom. The standard InChI is InChI=1S/C17H32N4O.HI/c1-3-18-17(19-10-14-6-8-22-9-7-14)20-16-12-21(11-13(16)2)15-4-5-15;/h13-16H,3-12H2,1-2H3,(H2,18,19,20);1H. The van der Waals surface area contributed by atoms with Crippen LogP contribution in [0, 0.1) is 11.8 Å². The molecule has 5 nitrogen and oxygen atoms in total. The Balaban J connectivity index is 0.00000192. The fourth-order valence-corrected chi connectivity index (χ4v) is 3.57. The normalized spacial score (nSPS) is 30.1. The highest BCUT2D eigenvalue weighted by atomic mass is 127. The van der Waals surface area contributed by atoms with Gasteiger partial charge < -0.3 is 15.4 Å². The maximum atomic E-state index is 5.43. The van der Waals surface area contributed by atoms with E-state index < -0.39 is 0 Å². The summed E-state index contributed by atoms with van der Waals surface area (Å²) >= 11 is 0. The summed E-state index contributed by atoms with van der Waals surface area (Å²) in [5.74, 6) is 2.39. The summed E-state index contributed by atoms with van der Waals surface area (Å²) in [6.45, 7) is 10.6. The number of guanidine groups is 1. The summed E-state index contributed by atoms with van der Waals surface area (Å²) < 4.78 is 5.43. The van der Waals surface area contributed by atoms with Crippen molar-refractivity contribution in [3.8, 4) is 0 Å². The lowest BCUT2D eigenvalue weighted by Crippen LogP contribution is -2.46. The SMILES string of the molecule is CCNC(=NCC1CCOCC1)NC1CN(C2CC2)CC1C.I. The summed E-state index contributed by atoms with van der Waals surface area (Å²) in [5, 5.41) is 7.10. The average molecular weight is 436 g/mol. The van der Waals surface area contributed by atoms with Crippen molar-refractivity contribution in [3.05, 3.63) is 0 Å². The molecular weight excluding hydrogens is 403 g/mol. The van der Waals surface area contributed by atoms with Crippen LogP contribution < -0.4 is 10.6 Å². The van der Waals surface area contributed by atoms with Gasteiger partial charge in [-0.25, -0.2) is 0 Å². The molecule has 0 spiro atoms. The highest BCUT2D eigenvalue weighted by Crippen LogP contribution is 2.31. The average Bonchev–Trinajstić information content (AvgIpc) is 3.31. The number of likely N-dealkylation sites (tertiary alicyclic amines) is 1. The van der Waals surface area contributed by atoms with Crippen molar-refractivity contribution in [2.45, 2.75) is 51.6 Å². The summed E-state index contributed by atoms with van der Waals surface area (Å²) in [5.41, 5.74) is 0. The lowest BCUT2D eigenvalue weighted by molar-refractivity contribution is 0.0689. The van der Waals surface area contributed by atoms with E-state index in [1.807, 2.05) is 0 Å². The molecule has 1 aliphatic carbocycles. The number of ether oxygens (including phenoxy) is 1. The van der Waals surface area contributed by atoms with Crippen molar-refractivity contribution in [1.29, 1.82) is 0 Å². The molecule has 0 amide bonds. The second-order valence-electron chi connectivity index (χ2n) is 7.19. The molecule has 3 rings (SSSR count). The van der Waals surface area contributed by atoms with Gasteiger partial charge in [0, 0.05) is 51.5 Å². The second kappa shape index (κ2) is 9.42. The summed E-state index contributed by atoms with van der Waals surface area (Å²) in [6.07, 6.45) is 5.10. The van der Waals surface area contributed by atoms with E-state index in [1.165, 1.54) is 25.9 Å². The molecule has 2 unspecified atom stereocenters. The van der Waals surface area contributed by atoms with Gasteiger partial charge in [-0.3, -0.25) is 9.89 Å². The number of nitrogens with zero attached hydrogens (tertiary/aromatic N) is 2. The lowest BCUT2D eigenvalue weighted by atomic mass is 10.0. The Labute approximate surface area is 158 Å². The van der Waals surface area contributed by atoms with Gasteiger partial charge in [0.1, 0.15) is 0 Å². The fourth-order valence-electron chi connectivity index (χ4n) is 3.57. The quantitative estimate of drug-likeness (QED) is 0.394. The maximum Gasteiger partial charge on any atom is 0.191 e.